The number of amidine groups is 1. The second-order valence-electron chi connectivity index (χ2n) is 2.68. The summed E-state index contributed by atoms with van der Waals surface area (Å²) in [5.41, 5.74) is 5.75. The van der Waals surface area contributed by atoms with Gasteiger partial charge in [-0.3, -0.25) is 4.99 Å². The van der Waals surface area contributed by atoms with Crippen LogP contribution in [-0.2, 0) is 0 Å². The van der Waals surface area contributed by atoms with Crippen LogP contribution in [0.25, 0.3) is 0 Å². The van der Waals surface area contributed by atoms with Crippen LogP contribution in [-0.4, -0.2) is 12.4 Å². The van der Waals surface area contributed by atoms with Gasteiger partial charge in [0.05, 0.1) is 4.88 Å². The topological polar surface area (TPSA) is 38.4 Å². The van der Waals surface area contributed by atoms with Crippen molar-refractivity contribution in [2.75, 3.05) is 6.54 Å². The average molecular weight is 182 g/mol. The quantitative estimate of drug-likeness (QED) is 0.564. The number of hydrogen-bond acceptors (Lipinski definition) is 2. The molecule has 0 amide bonds. The zero-order chi connectivity index (χ0) is 8.97. The van der Waals surface area contributed by atoms with E-state index in [-0.39, 0.29) is 0 Å². The summed E-state index contributed by atoms with van der Waals surface area (Å²) in [4.78, 5) is 6.59. The molecule has 0 aliphatic carbocycles. The zero-order valence-electron chi connectivity index (χ0n) is 7.50. The van der Waals surface area contributed by atoms with Crippen LogP contribution in [0.5, 0.6) is 0 Å². The molecule has 0 aliphatic rings. The van der Waals surface area contributed by atoms with Gasteiger partial charge < -0.3 is 5.73 Å². The van der Waals surface area contributed by atoms with E-state index in [1.54, 1.807) is 11.3 Å². The second-order valence-corrected chi connectivity index (χ2v) is 3.97. The molecule has 0 radical (unpaired) electrons. The number of aliphatic imine (C=N–C) groups is 1. The molecule has 0 unspecified atom stereocenters. The minimum Gasteiger partial charge on any atom is -0.383 e. The lowest BCUT2D eigenvalue weighted by Crippen LogP contribution is -2.11. The Balaban J connectivity index is 2.70. The van der Waals surface area contributed by atoms with Gasteiger partial charge in [-0.05, 0) is 25.5 Å². The van der Waals surface area contributed by atoms with E-state index < -0.39 is 0 Å². The van der Waals surface area contributed by atoms with Crippen molar-refractivity contribution in [3.63, 3.8) is 0 Å². The summed E-state index contributed by atoms with van der Waals surface area (Å²) in [5.74, 6) is 0.676. The molecule has 0 saturated carbocycles. The SMILES string of the molecule is CCCN=C(N)c1ccc(C)s1. The first kappa shape index (κ1) is 9.26. The number of aryl methyl sites for hydroxylation is 1. The van der Waals surface area contributed by atoms with E-state index >= 15 is 0 Å². The van der Waals surface area contributed by atoms with Gasteiger partial charge in [0.1, 0.15) is 5.84 Å². The highest BCUT2D eigenvalue weighted by atomic mass is 32.1. The summed E-state index contributed by atoms with van der Waals surface area (Å²) in [6.07, 6.45) is 1.05. The summed E-state index contributed by atoms with van der Waals surface area (Å²) in [6.45, 7) is 4.99. The maximum atomic E-state index is 5.75. The summed E-state index contributed by atoms with van der Waals surface area (Å²) in [7, 11) is 0. The van der Waals surface area contributed by atoms with Crippen LogP contribution in [0.1, 0.15) is 23.1 Å². The van der Waals surface area contributed by atoms with E-state index in [0.717, 1.165) is 17.8 Å². The molecule has 0 fully saturated rings. The number of nitrogens with two attached hydrogens (primary N) is 1. The molecule has 3 heteroatoms. The van der Waals surface area contributed by atoms with Crippen molar-refractivity contribution >= 4 is 17.2 Å². The molecule has 2 N–H and O–H groups in total. The molecule has 1 aromatic heterocycles. The second kappa shape index (κ2) is 4.26. The van der Waals surface area contributed by atoms with Gasteiger partial charge in [0.25, 0.3) is 0 Å². The van der Waals surface area contributed by atoms with E-state index in [1.165, 1.54) is 4.88 Å². The Bertz CT molecular complexity index is 276. The van der Waals surface area contributed by atoms with Crippen molar-refractivity contribution in [3.8, 4) is 0 Å². The van der Waals surface area contributed by atoms with Crippen molar-refractivity contribution in [3.05, 3.63) is 21.9 Å². The van der Waals surface area contributed by atoms with Gasteiger partial charge in [0.2, 0.25) is 0 Å². The summed E-state index contributed by atoms with van der Waals surface area (Å²) in [6, 6.07) is 4.09. The number of hydrogen-bond donors (Lipinski definition) is 1. The Morgan fingerprint density at radius 2 is 2.33 bits per heavy atom. The fraction of sp³-hybridized carbons (Fsp3) is 0.444. The molecule has 1 rings (SSSR count). The molecule has 0 aliphatic heterocycles. The third kappa shape index (κ3) is 2.34. The Labute approximate surface area is 77.1 Å². The molecule has 0 aromatic carbocycles. The summed E-state index contributed by atoms with van der Waals surface area (Å²) in [5, 5.41) is 0. The van der Waals surface area contributed by atoms with E-state index in [9.17, 15) is 0 Å². The van der Waals surface area contributed by atoms with E-state index in [0.29, 0.717) is 5.84 Å². The van der Waals surface area contributed by atoms with Gasteiger partial charge in [-0.2, -0.15) is 0 Å². The predicted molar refractivity (Wildman–Crippen MR) is 54.9 cm³/mol. The molecule has 0 bridgehead atoms. The average Bonchev–Trinajstić information content (AvgIpc) is 2.47. The van der Waals surface area contributed by atoms with Crippen LogP contribution in [0.4, 0.5) is 0 Å². The zero-order valence-corrected chi connectivity index (χ0v) is 8.32. The first-order valence-corrected chi connectivity index (χ1v) is 4.92. The van der Waals surface area contributed by atoms with Crippen LogP contribution in [0.2, 0.25) is 0 Å². The van der Waals surface area contributed by atoms with Gasteiger partial charge in [-0.25, -0.2) is 0 Å². The first-order chi connectivity index (χ1) is 5.74. The van der Waals surface area contributed by atoms with Crippen LogP contribution in [0, 0.1) is 6.92 Å². The lowest BCUT2D eigenvalue weighted by Gasteiger charge is -1.94. The smallest absolute Gasteiger partial charge is 0.135 e. The molecule has 1 heterocycles. The van der Waals surface area contributed by atoms with Gasteiger partial charge in [-0.1, -0.05) is 6.92 Å². The highest BCUT2D eigenvalue weighted by Crippen LogP contribution is 2.14. The molecule has 12 heavy (non-hydrogen) atoms. The Morgan fingerprint density at radius 1 is 1.58 bits per heavy atom. The Hall–Kier alpha value is -0.830. The molecular weight excluding hydrogens is 168 g/mol. The Morgan fingerprint density at radius 3 is 2.83 bits per heavy atom. The number of nitrogens with zero attached hydrogens (tertiary/aromatic N) is 1. The highest BCUT2D eigenvalue weighted by molar-refractivity contribution is 7.14. The van der Waals surface area contributed by atoms with Gasteiger partial charge in [0.15, 0.2) is 0 Å². The predicted octanol–water partition coefficient (Wildman–Crippen LogP) is 2.17. The van der Waals surface area contributed by atoms with Crippen molar-refractivity contribution in [1.29, 1.82) is 0 Å². The van der Waals surface area contributed by atoms with E-state index in [1.807, 2.05) is 6.07 Å². The van der Waals surface area contributed by atoms with Crippen LogP contribution in [0.3, 0.4) is 0 Å². The van der Waals surface area contributed by atoms with Crippen molar-refractivity contribution in [2.45, 2.75) is 20.3 Å². The molecule has 66 valence electrons. The van der Waals surface area contributed by atoms with Crippen molar-refractivity contribution in [2.24, 2.45) is 10.7 Å². The lowest BCUT2D eigenvalue weighted by atomic mass is 10.4. The first-order valence-electron chi connectivity index (χ1n) is 4.10. The standard InChI is InChI=1S/C9H14N2S/c1-3-6-11-9(10)8-5-4-7(2)12-8/h4-5H,3,6H2,1-2H3,(H2,10,11). The maximum absolute atomic E-state index is 5.75. The third-order valence-electron chi connectivity index (χ3n) is 1.50. The highest BCUT2D eigenvalue weighted by Gasteiger charge is 1.99. The Kier molecular flexibility index (Phi) is 3.29. The molecule has 0 atom stereocenters. The molecular formula is C9H14N2S. The van der Waals surface area contributed by atoms with Crippen LogP contribution < -0.4 is 5.73 Å². The fourth-order valence-corrected chi connectivity index (χ4v) is 1.67. The van der Waals surface area contributed by atoms with E-state index in [4.69, 9.17) is 5.73 Å². The summed E-state index contributed by atoms with van der Waals surface area (Å²) < 4.78 is 0. The van der Waals surface area contributed by atoms with E-state index in [2.05, 4.69) is 24.9 Å². The molecule has 0 saturated heterocycles. The van der Waals surface area contributed by atoms with Gasteiger partial charge in [0, 0.05) is 11.4 Å². The van der Waals surface area contributed by atoms with Crippen LogP contribution in [0.15, 0.2) is 17.1 Å². The van der Waals surface area contributed by atoms with Gasteiger partial charge >= 0.3 is 0 Å². The molecule has 2 nitrogen and oxygen atoms in total. The normalized spacial score (nSPS) is 12.0. The number of rotatable bonds is 3. The minimum absolute atomic E-state index is 0.676. The molecule has 0 spiro atoms. The largest absolute Gasteiger partial charge is 0.383 e. The summed E-state index contributed by atoms with van der Waals surface area (Å²) >= 11 is 1.69. The van der Waals surface area contributed by atoms with Crippen molar-refractivity contribution in [1.82, 2.24) is 0 Å². The van der Waals surface area contributed by atoms with Crippen LogP contribution >= 0.6 is 11.3 Å². The molecule has 1 aromatic rings. The van der Waals surface area contributed by atoms with Crippen molar-refractivity contribution < 1.29 is 0 Å². The van der Waals surface area contributed by atoms with Gasteiger partial charge in [-0.15, -0.1) is 11.3 Å². The monoisotopic (exact) mass is 182 g/mol. The minimum atomic E-state index is 0.676. The maximum Gasteiger partial charge on any atom is 0.135 e. The number of thiophene rings is 1. The lowest BCUT2D eigenvalue weighted by molar-refractivity contribution is 0.931. The third-order valence-corrected chi connectivity index (χ3v) is 2.52. The fourth-order valence-electron chi connectivity index (χ4n) is 0.882.